The minimum Gasteiger partial charge on any atom is -0.408 e. The molecule has 1 aliphatic heterocycles. The molecular formula is C21H21N3O3. The molecule has 0 aliphatic carbocycles. The van der Waals surface area contributed by atoms with Gasteiger partial charge in [0.25, 0.3) is 5.91 Å². The number of hydrogen-bond acceptors (Lipinski definition) is 3. The third kappa shape index (κ3) is 3.79. The Balaban J connectivity index is 0.000000153. The molecule has 138 valence electrons. The molecule has 3 heterocycles. The summed E-state index contributed by atoms with van der Waals surface area (Å²) in [5.74, 6) is -0.262. The number of carbonyl (C=O) groups is 1. The molecule has 1 fully saturated rings. The van der Waals surface area contributed by atoms with E-state index in [2.05, 4.69) is 9.97 Å². The molecule has 1 amide bonds. The van der Waals surface area contributed by atoms with Crippen LogP contribution in [0.1, 0.15) is 29.8 Å². The minimum atomic E-state index is -0.402. The van der Waals surface area contributed by atoms with Gasteiger partial charge in [-0.15, -0.1) is 0 Å². The van der Waals surface area contributed by atoms with Crippen molar-refractivity contribution in [2.75, 3.05) is 13.1 Å². The zero-order valence-corrected chi connectivity index (χ0v) is 14.9. The fourth-order valence-electron chi connectivity index (χ4n) is 3.35. The summed E-state index contributed by atoms with van der Waals surface area (Å²) in [4.78, 5) is 30.5. The number of oxazole rings is 1. The maximum Gasteiger partial charge on any atom is 0.417 e. The highest BCUT2D eigenvalue weighted by Gasteiger charge is 2.19. The number of fused-ring (bicyclic) bond motifs is 2. The molecule has 4 aromatic rings. The number of carbonyl (C=O) groups excluding carboxylic acids is 1. The van der Waals surface area contributed by atoms with E-state index in [1.165, 1.54) is 6.42 Å². The van der Waals surface area contributed by atoms with Crippen LogP contribution in [-0.2, 0) is 0 Å². The van der Waals surface area contributed by atoms with Gasteiger partial charge < -0.3 is 14.3 Å². The number of benzene rings is 2. The highest BCUT2D eigenvalue weighted by atomic mass is 16.4. The van der Waals surface area contributed by atoms with Crippen LogP contribution in [0.5, 0.6) is 0 Å². The van der Waals surface area contributed by atoms with Crippen LogP contribution in [0.2, 0.25) is 0 Å². The number of H-pyrrole nitrogens is 2. The molecule has 1 aliphatic rings. The van der Waals surface area contributed by atoms with Crippen LogP contribution in [0.4, 0.5) is 0 Å². The van der Waals surface area contributed by atoms with Crippen LogP contribution >= 0.6 is 0 Å². The zero-order valence-electron chi connectivity index (χ0n) is 14.9. The molecule has 0 atom stereocenters. The van der Waals surface area contributed by atoms with Crippen molar-refractivity contribution in [3.8, 4) is 0 Å². The second-order valence-electron chi connectivity index (χ2n) is 6.63. The molecule has 6 heteroatoms. The summed E-state index contributed by atoms with van der Waals surface area (Å²) in [6.07, 6.45) is 3.51. The Labute approximate surface area is 155 Å². The summed E-state index contributed by atoms with van der Waals surface area (Å²) in [5, 5.41) is 1.10. The van der Waals surface area contributed by atoms with E-state index in [0.717, 1.165) is 42.4 Å². The smallest absolute Gasteiger partial charge is 0.408 e. The molecule has 0 saturated carbocycles. The van der Waals surface area contributed by atoms with Crippen LogP contribution < -0.4 is 5.76 Å². The average molecular weight is 363 g/mol. The van der Waals surface area contributed by atoms with Gasteiger partial charge in [0, 0.05) is 24.0 Å². The molecule has 2 N–H and O–H groups in total. The number of hydrogen-bond donors (Lipinski definition) is 2. The van der Waals surface area contributed by atoms with E-state index in [-0.39, 0.29) is 5.91 Å². The first-order valence-corrected chi connectivity index (χ1v) is 9.15. The summed E-state index contributed by atoms with van der Waals surface area (Å²) in [6, 6.07) is 17.1. The van der Waals surface area contributed by atoms with Crippen molar-refractivity contribution in [1.82, 2.24) is 14.9 Å². The van der Waals surface area contributed by atoms with Crippen molar-refractivity contribution < 1.29 is 9.21 Å². The number of aromatic amines is 2. The Hall–Kier alpha value is -3.28. The molecule has 5 rings (SSSR count). The molecule has 0 spiro atoms. The average Bonchev–Trinajstić information content (AvgIpc) is 3.31. The lowest BCUT2D eigenvalue weighted by molar-refractivity contribution is 0.0719. The van der Waals surface area contributed by atoms with Crippen molar-refractivity contribution >= 4 is 27.9 Å². The van der Waals surface area contributed by atoms with Gasteiger partial charge in [0.1, 0.15) is 5.69 Å². The fourth-order valence-corrected chi connectivity index (χ4v) is 3.35. The lowest BCUT2D eigenvalue weighted by Gasteiger charge is -2.26. The van der Waals surface area contributed by atoms with Crippen LogP contribution in [-0.4, -0.2) is 33.9 Å². The van der Waals surface area contributed by atoms with Gasteiger partial charge in [-0.05, 0) is 43.5 Å². The minimum absolute atomic E-state index is 0.140. The Morgan fingerprint density at radius 2 is 1.59 bits per heavy atom. The van der Waals surface area contributed by atoms with E-state index < -0.39 is 5.76 Å². The van der Waals surface area contributed by atoms with Gasteiger partial charge >= 0.3 is 5.76 Å². The topological polar surface area (TPSA) is 82.1 Å². The number of para-hydroxylation sites is 3. The predicted molar refractivity (Wildman–Crippen MR) is 105 cm³/mol. The highest BCUT2D eigenvalue weighted by Crippen LogP contribution is 2.18. The Bertz CT molecular complexity index is 1050. The first kappa shape index (κ1) is 17.1. The van der Waals surface area contributed by atoms with Crippen LogP contribution in [0.3, 0.4) is 0 Å². The molecule has 6 nitrogen and oxygen atoms in total. The van der Waals surface area contributed by atoms with E-state index in [9.17, 15) is 9.59 Å². The van der Waals surface area contributed by atoms with Gasteiger partial charge in [-0.1, -0.05) is 30.3 Å². The van der Waals surface area contributed by atoms with E-state index >= 15 is 0 Å². The number of amides is 1. The monoisotopic (exact) mass is 363 g/mol. The van der Waals surface area contributed by atoms with Crippen LogP contribution in [0, 0.1) is 0 Å². The summed E-state index contributed by atoms with van der Waals surface area (Å²) in [5.41, 5.74) is 3.10. The Morgan fingerprint density at radius 1 is 0.889 bits per heavy atom. The van der Waals surface area contributed by atoms with Crippen molar-refractivity contribution in [3.05, 3.63) is 70.8 Å². The lowest BCUT2D eigenvalue weighted by Crippen LogP contribution is -2.35. The molecule has 27 heavy (non-hydrogen) atoms. The van der Waals surface area contributed by atoms with Crippen LogP contribution in [0.25, 0.3) is 22.0 Å². The fraction of sp³-hybridized carbons (Fsp3) is 0.238. The Morgan fingerprint density at radius 3 is 2.33 bits per heavy atom. The summed E-state index contributed by atoms with van der Waals surface area (Å²) in [7, 11) is 0. The van der Waals surface area contributed by atoms with Gasteiger partial charge in [0.15, 0.2) is 5.58 Å². The highest BCUT2D eigenvalue weighted by molar-refractivity contribution is 5.98. The van der Waals surface area contributed by atoms with Gasteiger partial charge in [0.05, 0.1) is 5.52 Å². The lowest BCUT2D eigenvalue weighted by atomic mass is 10.1. The van der Waals surface area contributed by atoms with Crippen molar-refractivity contribution in [1.29, 1.82) is 0 Å². The van der Waals surface area contributed by atoms with Crippen LogP contribution in [0.15, 0.2) is 63.8 Å². The molecule has 0 bridgehead atoms. The largest absolute Gasteiger partial charge is 0.417 e. The number of likely N-dealkylation sites (tertiary alicyclic amines) is 1. The first-order chi connectivity index (χ1) is 13.2. The van der Waals surface area contributed by atoms with E-state index in [0.29, 0.717) is 11.3 Å². The Kier molecular flexibility index (Phi) is 4.78. The maximum absolute atomic E-state index is 12.3. The normalized spacial score (nSPS) is 14.1. The summed E-state index contributed by atoms with van der Waals surface area (Å²) >= 11 is 0. The number of piperidine rings is 1. The molecule has 2 aromatic heterocycles. The molecule has 2 aromatic carbocycles. The molecule has 0 unspecified atom stereocenters. The van der Waals surface area contributed by atoms with Crippen molar-refractivity contribution in [2.24, 2.45) is 0 Å². The first-order valence-electron chi connectivity index (χ1n) is 9.15. The van der Waals surface area contributed by atoms with Gasteiger partial charge in [-0.2, -0.15) is 0 Å². The van der Waals surface area contributed by atoms with Gasteiger partial charge in [-0.3, -0.25) is 9.78 Å². The quantitative estimate of drug-likeness (QED) is 0.538. The third-order valence-corrected chi connectivity index (χ3v) is 4.73. The SMILES string of the molecule is O=C(c1cc2ccccc2[nH]1)N1CCCCC1.O=c1[nH]c2ccccc2o1. The maximum atomic E-state index is 12.3. The van der Waals surface area contributed by atoms with Gasteiger partial charge in [-0.25, -0.2) is 4.79 Å². The van der Waals surface area contributed by atoms with E-state index in [1.54, 1.807) is 12.1 Å². The number of rotatable bonds is 1. The zero-order chi connectivity index (χ0) is 18.6. The molecule has 1 saturated heterocycles. The second kappa shape index (κ2) is 7.53. The molecular weight excluding hydrogens is 342 g/mol. The second-order valence-corrected chi connectivity index (χ2v) is 6.63. The molecule has 0 radical (unpaired) electrons. The number of nitrogens with zero attached hydrogens (tertiary/aromatic N) is 1. The number of nitrogens with one attached hydrogen (secondary N) is 2. The predicted octanol–water partition coefficient (Wildman–Crippen LogP) is 3.92. The number of aromatic nitrogens is 2. The van der Waals surface area contributed by atoms with Crippen molar-refractivity contribution in [2.45, 2.75) is 19.3 Å². The third-order valence-electron chi connectivity index (χ3n) is 4.73. The summed E-state index contributed by atoms with van der Waals surface area (Å²) in [6.45, 7) is 1.79. The van der Waals surface area contributed by atoms with E-state index in [4.69, 9.17) is 4.42 Å². The van der Waals surface area contributed by atoms with Crippen molar-refractivity contribution in [3.63, 3.8) is 0 Å². The summed E-state index contributed by atoms with van der Waals surface area (Å²) < 4.78 is 4.76. The van der Waals surface area contributed by atoms with E-state index in [1.807, 2.05) is 47.4 Å². The van der Waals surface area contributed by atoms with Gasteiger partial charge in [0.2, 0.25) is 0 Å². The standard InChI is InChI=1S/C14H16N2O.C7H5NO2/c17-14(16-8-4-1-5-9-16)13-10-11-6-2-3-7-12(11)15-13;9-7-8-5-3-1-2-4-6(5)10-7/h2-3,6-7,10,15H,1,4-5,8-9H2;1-4H,(H,8,9).